The van der Waals surface area contributed by atoms with Crippen LogP contribution in [0, 0.1) is 6.92 Å². The van der Waals surface area contributed by atoms with Gasteiger partial charge in [-0.2, -0.15) is 0 Å². The largest absolute Gasteiger partial charge is 0.114 e. The van der Waals surface area contributed by atoms with Crippen molar-refractivity contribution < 1.29 is 0 Å². The van der Waals surface area contributed by atoms with Gasteiger partial charge in [0, 0.05) is 0 Å². The average Bonchev–Trinajstić information content (AvgIpc) is 2.82. The molecule has 0 radical (unpaired) electrons. The van der Waals surface area contributed by atoms with Gasteiger partial charge < -0.3 is 0 Å². The van der Waals surface area contributed by atoms with Crippen LogP contribution in [0.25, 0.3) is 10.8 Å². The van der Waals surface area contributed by atoms with Gasteiger partial charge in [0.25, 0.3) is 0 Å². The summed E-state index contributed by atoms with van der Waals surface area (Å²) in [4.78, 5) is 0. The molecule has 0 amide bonds. The second kappa shape index (κ2) is 11.6. The zero-order valence-electron chi connectivity index (χ0n) is 17.6. The molecule has 0 aliphatic rings. The van der Waals surface area contributed by atoms with Gasteiger partial charge in [-0.1, -0.05) is 139 Å². The van der Waals surface area contributed by atoms with Crippen molar-refractivity contribution in [3.05, 3.63) is 139 Å². The molecule has 0 fully saturated rings. The molecule has 0 aliphatic heterocycles. The van der Waals surface area contributed by atoms with Crippen LogP contribution in [0.3, 0.4) is 0 Å². The quantitative estimate of drug-likeness (QED) is 0.238. The summed E-state index contributed by atoms with van der Waals surface area (Å²) in [5.74, 6) is 0. The molecule has 0 N–H and O–H groups in total. The first kappa shape index (κ1) is 22.9. The minimum absolute atomic E-state index is 0. The third kappa shape index (κ3) is 6.14. The van der Waals surface area contributed by atoms with Crippen LogP contribution in [0.1, 0.15) is 5.56 Å². The maximum Gasteiger partial charge on any atom is -0.0134 e. The first-order chi connectivity index (χ1) is 14.8. The Morgan fingerprint density at radius 2 is 0.806 bits per heavy atom. The highest BCUT2D eigenvalue weighted by Crippen LogP contribution is 2.32. The second-order valence-electron chi connectivity index (χ2n) is 7.19. The minimum Gasteiger partial charge on any atom is -0.114 e. The van der Waals surface area contributed by atoms with Crippen LogP contribution in [-0.2, 0) is 0 Å². The van der Waals surface area contributed by atoms with E-state index in [1.54, 1.807) is 0 Å². The molecule has 0 aromatic heterocycles. The summed E-state index contributed by atoms with van der Waals surface area (Å²) in [5, 5.41) is 6.84. The van der Waals surface area contributed by atoms with Gasteiger partial charge in [0.15, 0.2) is 0 Å². The molecule has 0 heterocycles. The van der Waals surface area contributed by atoms with Crippen molar-refractivity contribution in [3.8, 4) is 0 Å². The third-order valence-corrected chi connectivity index (χ3v) is 7.39. The van der Waals surface area contributed by atoms with Crippen molar-refractivity contribution in [2.75, 3.05) is 0 Å². The van der Waals surface area contributed by atoms with Crippen molar-refractivity contribution in [2.45, 2.75) is 6.92 Å². The average molecular weight is 485 g/mol. The smallest absolute Gasteiger partial charge is 0.0134 e. The van der Waals surface area contributed by atoms with Crippen molar-refractivity contribution in [3.63, 3.8) is 0 Å². The summed E-state index contributed by atoms with van der Waals surface area (Å²) >= 11 is 0. The maximum absolute atomic E-state index is 2.23. The normalized spacial score (nSPS) is 10.1. The molecule has 0 saturated carbocycles. The Morgan fingerprint density at radius 1 is 0.419 bits per heavy atom. The number of halogens is 1. The zero-order valence-corrected chi connectivity index (χ0v) is 20.2. The molecule has 5 rings (SSSR count). The Morgan fingerprint density at radius 3 is 1.26 bits per heavy atom. The molecule has 0 unspecified atom stereocenters. The summed E-state index contributed by atoms with van der Waals surface area (Å²) in [6, 6.07) is 47.2. The van der Waals surface area contributed by atoms with Gasteiger partial charge in [0.1, 0.15) is 0 Å². The zero-order chi connectivity index (χ0) is 20.6. The summed E-state index contributed by atoms with van der Waals surface area (Å²) in [7, 11) is -0.446. The van der Waals surface area contributed by atoms with E-state index in [1.807, 2.05) is 0 Å². The number of hydrogen-bond acceptors (Lipinski definition) is 0. The van der Waals surface area contributed by atoms with E-state index in [0.29, 0.717) is 0 Å². The van der Waals surface area contributed by atoms with E-state index in [0.717, 1.165) is 0 Å². The molecule has 0 atom stereocenters. The lowest BCUT2D eigenvalue weighted by Gasteiger charge is -2.18. The van der Waals surface area contributed by atoms with Crippen LogP contribution in [0.5, 0.6) is 0 Å². The molecule has 5 aromatic carbocycles. The summed E-state index contributed by atoms with van der Waals surface area (Å²) in [6.07, 6.45) is 0. The molecular formula is C29H26BrP. The molecular weight excluding hydrogens is 459 g/mol. The topological polar surface area (TPSA) is 0 Å². The molecule has 0 nitrogen and oxygen atoms in total. The molecule has 0 spiro atoms. The van der Waals surface area contributed by atoms with Gasteiger partial charge in [0.2, 0.25) is 0 Å². The van der Waals surface area contributed by atoms with E-state index < -0.39 is 7.92 Å². The van der Waals surface area contributed by atoms with Crippen molar-refractivity contribution in [1.29, 1.82) is 0 Å². The molecule has 31 heavy (non-hydrogen) atoms. The molecule has 0 saturated heterocycles. The van der Waals surface area contributed by atoms with Crippen molar-refractivity contribution in [2.24, 2.45) is 0 Å². The predicted molar refractivity (Wildman–Crippen MR) is 144 cm³/mol. The van der Waals surface area contributed by atoms with E-state index in [4.69, 9.17) is 0 Å². The molecule has 154 valence electrons. The fourth-order valence-electron chi connectivity index (χ4n) is 3.49. The highest BCUT2D eigenvalue weighted by molar-refractivity contribution is 8.93. The summed E-state index contributed by atoms with van der Waals surface area (Å²) in [6.45, 7) is 2.12. The number of benzene rings is 5. The van der Waals surface area contributed by atoms with E-state index >= 15 is 0 Å². The highest BCUT2D eigenvalue weighted by atomic mass is 79.9. The monoisotopic (exact) mass is 484 g/mol. The van der Waals surface area contributed by atoms with Crippen molar-refractivity contribution >= 4 is 51.6 Å². The van der Waals surface area contributed by atoms with Crippen LogP contribution in [0.4, 0.5) is 0 Å². The number of fused-ring (bicyclic) bond motifs is 1. The van der Waals surface area contributed by atoms with E-state index in [2.05, 4.69) is 140 Å². The molecule has 0 bridgehead atoms. The van der Waals surface area contributed by atoms with Crippen LogP contribution in [0.15, 0.2) is 133 Å². The Balaban J connectivity index is 0.000000194. The fraction of sp³-hybridized carbons (Fsp3) is 0.0345. The SMILES string of the molecule is Br.Cc1ccc2ccccc2c1.c1ccc(P(c2ccccc2)c2ccccc2)cc1. The number of hydrogen-bond donors (Lipinski definition) is 0. The summed E-state index contributed by atoms with van der Waals surface area (Å²) < 4.78 is 0. The Bertz CT molecular complexity index is 1090. The van der Waals surface area contributed by atoms with E-state index in [1.165, 1.54) is 32.2 Å². The van der Waals surface area contributed by atoms with Crippen LogP contribution < -0.4 is 15.9 Å². The lowest BCUT2D eigenvalue weighted by molar-refractivity contribution is 1.51. The van der Waals surface area contributed by atoms with E-state index in [-0.39, 0.29) is 17.0 Å². The molecule has 0 aliphatic carbocycles. The van der Waals surface area contributed by atoms with Gasteiger partial charge in [-0.25, -0.2) is 0 Å². The van der Waals surface area contributed by atoms with Gasteiger partial charge >= 0.3 is 0 Å². The minimum atomic E-state index is -0.446. The van der Waals surface area contributed by atoms with Gasteiger partial charge in [-0.15, -0.1) is 17.0 Å². The predicted octanol–water partition coefficient (Wildman–Crippen LogP) is 7.17. The van der Waals surface area contributed by atoms with Gasteiger partial charge in [-0.05, 0) is 41.5 Å². The summed E-state index contributed by atoms with van der Waals surface area (Å²) in [5.41, 5.74) is 1.32. The van der Waals surface area contributed by atoms with Crippen molar-refractivity contribution in [1.82, 2.24) is 0 Å². The number of aryl methyl sites for hydroxylation is 1. The lowest BCUT2D eigenvalue weighted by atomic mass is 10.1. The Labute approximate surface area is 197 Å². The Kier molecular flexibility index (Phi) is 8.59. The second-order valence-corrected chi connectivity index (χ2v) is 9.41. The van der Waals surface area contributed by atoms with Crippen LogP contribution >= 0.6 is 24.9 Å². The van der Waals surface area contributed by atoms with Gasteiger partial charge in [-0.3, -0.25) is 0 Å². The first-order valence-electron chi connectivity index (χ1n) is 10.2. The molecule has 2 heteroatoms. The maximum atomic E-state index is 2.23. The standard InChI is InChI=1S/C18H15P.C11H10.BrH/c1-4-10-16(11-5-1)19(17-12-6-2-7-13-17)18-14-8-3-9-15-18;1-9-6-7-10-4-2-3-5-11(10)8-9;/h1-15H;2-8H,1H3;1H. The highest BCUT2D eigenvalue weighted by Gasteiger charge is 2.14. The van der Waals surface area contributed by atoms with E-state index in [9.17, 15) is 0 Å². The first-order valence-corrected chi connectivity index (χ1v) is 11.6. The number of rotatable bonds is 3. The third-order valence-electron chi connectivity index (χ3n) is 4.95. The van der Waals surface area contributed by atoms with Crippen LogP contribution in [-0.4, -0.2) is 0 Å². The van der Waals surface area contributed by atoms with Crippen LogP contribution in [0.2, 0.25) is 0 Å². The molecule has 5 aromatic rings. The fourth-order valence-corrected chi connectivity index (χ4v) is 5.79. The lowest BCUT2D eigenvalue weighted by Crippen LogP contribution is -2.20. The van der Waals surface area contributed by atoms with Gasteiger partial charge in [0.05, 0.1) is 0 Å². The Hall–Kier alpha value is -2.73.